The van der Waals surface area contributed by atoms with Gasteiger partial charge >= 0.3 is 11.9 Å². The molecular formula is C35H54N6O6. The molecule has 0 unspecified atom stereocenters. The molecule has 260 valence electrons. The number of carbonyl (C=O) groups is 2. The standard InChI is InChI=1S/C35H54N6O6/c1-6-7-15-40-27(2)31(34(42)46-24-9-13-38-20-16-36(4)17-21-38)33(29-11-8-12-30(26-29)41(44)45)32(28(40)3)35(43)47-25-10-14-39-22-18-37(5)19-23-39/h8,11-12,26,33H,6-7,9-10,13-25H2,1-5H3. The summed E-state index contributed by atoms with van der Waals surface area (Å²) in [7, 11) is 4.24. The van der Waals surface area contributed by atoms with E-state index in [0.29, 0.717) is 47.5 Å². The number of hydrogen-bond acceptors (Lipinski definition) is 11. The normalized spacial score (nSPS) is 19.4. The summed E-state index contributed by atoms with van der Waals surface area (Å²) < 4.78 is 11.8. The number of ether oxygens (including phenoxy) is 2. The van der Waals surface area contributed by atoms with Gasteiger partial charge in [0.25, 0.3) is 5.69 Å². The van der Waals surface area contributed by atoms with Gasteiger partial charge in [-0.25, -0.2) is 9.59 Å². The monoisotopic (exact) mass is 654 g/mol. The highest BCUT2D eigenvalue weighted by Crippen LogP contribution is 2.43. The highest BCUT2D eigenvalue weighted by Gasteiger charge is 2.41. The van der Waals surface area contributed by atoms with Gasteiger partial charge in [0.05, 0.1) is 35.2 Å². The van der Waals surface area contributed by atoms with Crippen LogP contribution in [0.1, 0.15) is 57.9 Å². The summed E-state index contributed by atoms with van der Waals surface area (Å²) in [5.41, 5.74) is 2.44. The number of benzene rings is 1. The lowest BCUT2D eigenvalue weighted by Gasteiger charge is -2.38. The maximum absolute atomic E-state index is 14.0. The van der Waals surface area contributed by atoms with E-state index >= 15 is 0 Å². The molecule has 2 fully saturated rings. The zero-order valence-corrected chi connectivity index (χ0v) is 29.0. The number of likely N-dealkylation sites (N-methyl/N-ethyl adjacent to an activating group) is 2. The second kappa shape index (κ2) is 17.7. The highest BCUT2D eigenvalue weighted by molar-refractivity contribution is 6.00. The number of hydrogen-bond donors (Lipinski definition) is 0. The van der Waals surface area contributed by atoms with Crippen molar-refractivity contribution in [1.82, 2.24) is 24.5 Å². The van der Waals surface area contributed by atoms with E-state index in [2.05, 4.69) is 40.6 Å². The number of nitro groups is 1. The summed E-state index contributed by atoms with van der Waals surface area (Å²) in [5, 5.41) is 11.8. The third-order valence-electron chi connectivity index (χ3n) is 9.65. The van der Waals surface area contributed by atoms with E-state index in [1.165, 1.54) is 12.1 Å². The molecule has 1 aromatic rings. The number of unbranched alkanes of at least 4 members (excludes halogenated alkanes) is 1. The summed E-state index contributed by atoms with van der Waals surface area (Å²) in [6, 6.07) is 6.20. The van der Waals surface area contributed by atoms with E-state index in [1.807, 2.05) is 18.7 Å². The molecular weight excluding hydrogens is 600 g/mol. The summed E-state index contributed by atoms with van der Waals surface area (Å²) in [5.74, 6) is -1.87. The number of piperazine rings is 2. The van der Waals surface area contributed by atoms with Crippen molar-refractivity contribution >= 4 is 17.6 Å². The Kier molecular flexibility index (Phi) is 13.8. The fourth-order valence-electron chi connectivity index (χ4n) is 6.64. The fourth-order valence-corrected chi connectivity index (χ4v) is 6.64. The lowest BCUT2D eigenvalue weighted by Crippen LogP contribution is -2.44. The van der Waals surface area contributed by atoms with E-state index in [4.69, 9.17) is 9.47 Å². The molecule has 0 spiro atoms. The molecule has 3 heterocycles. The number of nitrogens with zero attached hydrogens (tertiary/aromatic N) is 6. The quantitative estimate of drug-likeness (QED) is 0.119. The zero-order valence-electron chi connectivity index (χ0n) is 29.0. The van der Waals surface area contributed by atoms with Crippen LogP contribution < -0.4 is 0 Å². The Labute approximate surface area is 280 Å². The minimum Gasteiger partial charge on any atom is -0.462 e. The molecule has 2 saturated heterocycles. The van der Waals surface area contributed by atoms with Gasteiger partial charge in [-0.2, -0.15) is 0 Å². The van der Waals surface area contributed by atoms with E-state index in [9.17, 15) is 19.7 Å². The predicted molar refractivity (Wildman–Crippen MR) is 182 cm³/mol. The molecule has 4 rings (SSSR count). The predicted octanol–water partition coefficient (Wildman–Crippen LogP) is 3.70. The third-order valence-corrected chi connectivity index (χ3v) is 9.65. The summed E-state index contributed by atoms with van der Waals surface area (Å²) in [6.45, 7) is 16.6. The van der Waals surface area contributed by atoms with E-state index in [0.717, 1.165) is 78.3 Å². The van der Waals surface area contributed by atoms with Crippen LogP contribution in [0.3, 0.4) is 0 Å². The third kappa shape index (κ3) is 9.85. The van der Waals surface area contributed by atoms with Crippen LogP contribution in [0.4, 0.5) is 5.69 Å². The molecule has 0 N–H and O–H groups in total. The first-order chi connectivity index (χ1) is 22.6. The van der Waals surface area contributed by atoms with Gasteiger partial charge in [0.1, 0.15) is 0 Å². The van der Waals surface area contributed by atoms with Gasteiger partial charge in [-0.15, -0.1) is 0 Å². The molecule has 0 atom stereocenters. The average molecular weight is 655 g/mol. The van der Waals surface area contributed by atoms with Crippen LogP contribution in [-0.2, 0) is 19.1 Å². The molecule has 12 heteroatoms. The van der Waals surface area contributed by atoms with Crippen LogP contribution in [0, 0.1) is 10.1 Å². The van der Waals surface area contributed by atoms with Crippen LogP contribution in [0.25, 0.3) is 0 Å². The molecule has 1 aromatic carbocycles. The molecule has 0 amide bonds. The number of non-ortho nitro benzene ring substituents is 1. The van der Waals surface area contributed by atoms with Gasteiger partial charge in [-0.05, 0) is 52.8 Å². The maximum atomic E-state index is 14.0. The summed E-state index contributed by atoms with van der Waals surface area (Å²) in [6.07, 6.45) is 3.18. The number of rotatable bonds is 15. The zero-order chi connectivity index (χ0) is 33.9. The van der Waals surface area contributed by atoms with E-state index in [-0.39, 0.29) is 18.9 Å². The van der Waals surface area contributed by atoms with Crippen molar-refractivity contribution in [3.8, 4) is 0 Å². The lowest BCUT2D eigenvalue weighted by atomic mass is 9.79. The Balaban J connectivity index is 1.57. The van der Waals surface area contributed by atoms with Gasteiger partial charge in [-0.3, -0.25) is 10.1 Å². The topological polar surface area (TPSA) is 112 Å². The second-order valence-corrected chi connectivity index (χ2v) is 13.1. The Morgan fingerprint density at radius 1 is 0.787 bits per heavy atom. The molecule has 0 bridgehead atoms. The Hall–Kier alpha value is -3.32. The van der Waals surface area contributed by atoms with Gasteiger partial charge < -0.3 is 34.0 Å². The minimum atomic E-state index is -0.858. The Bertz CT molecular complexity index is 1230. The van der Waals surface area contributed by atoms with Crippen molar-refractivity contribution in [3.05, 3.63) is 62.5 Å². The van der Waals surface area contributed by atoms with Gasteiger partial charge in [0, 0.05) is 95.5 Å². The fraction of sp³-hybridized carbons (Fsp3) is 0.657. The highest BCUT2D eigenvalue weighted by atomic mass is 16.6. The number of esters is 2. The van der Waals surface area contributed by atoms with Crippen molar-refractivity contribution in [2.45, 2.75) is 52.4 Å². The average Bonchev–Trinajstić information content (AvgIpc) is 3.06. The van der Waals surface area contributed by atoms with Crippen LogP contribution in [0.15, 0.2) is 46.8 Å². The van der Waals surface area contributed by atoms with Crippen molar-refractivity contribution in [1.29, 1.82) is 0 Å². The number of carbonyl (C=O) groups excluding carboxylic acids is 2. The molecule has 0 saturated carbocycles. The van der Waals surface area contributed by atoms with E-state index in [1.54, 1.807) is 12.1 Å². The number of nitro benzene ring substituents is 1. The largest absolute Gasteiger partial charge is 0.462 e. The first-order valence-corrected chi connectivity index (χ1v) is 17.2. The minimum absolute atomic E-state index is 0.106. The van der Waals surface area contributed by atoms with E-state index < -0.39 is 22.8 Å². The smallest absolute Gasteiger partial charge is 0.336 e. The molecule has 47 heavy (non-hydrogen) atoms. The first kappa shape index (κ1) is 36.5. The van der Waals surface area contributed by atoms with Crippen molar-refractivity contribution in [2.24, 2.45) is 0 Å². The summed E-state index contributed by atoms with van der Waals surface area (Å²) in [4.78, 5) is 50.7. The van der Waals surface area contributed by atoms with Crippen LogP contribution in [0.5, 0.6) is 0 Å². The van der Waals surface area contributed by atoms with Crippen LogP contribution >= 0.6 is 0 Å². The Morgan fingerprint density at radius 2 is 1.28 bits per heavy atom. The SMILES string of the molecule is CCCCN1C(C)=C(C(=O)OCCCN2CCN(C)CC2)C(c2cccc([N+](=O)[O-])c2)C(C(=O)OCCCN2CCN(C)CC2)=C1C. The van der Waals surface area contributed by atoms with Gasteiger partial charge in [0.15, 0.2) is 0 Å². The summed E-state index contributed by atoms with van der Waals surface area (Å²) >= 11 is 0. The van der Waals surface area contributed by atoms with Crippen LogP contribution in [-0.4, -0.2) is 141 Å². The number of allylic oxidation sites excluding steroid dienone is 2. The molecule has 3 aliphatic heterocycles. The molecule has 3 aliphatic rings. The second-order valence-electron chi connectivity index (χ2n) is 13.1. The lowest BCUT2D eigenvalue weighted by molar-refractivity contribution is -0.384. The van der Waals surface area contributed by atoms with Crippen molar-refractivity contribution in [3.63, 3.8) is 0 Å². The van der Waals surface area contributed by atoms with Crippen molar-refractivity contribution < 1.29 is 24.0 Å². The Morgan fingerprint density at radius 3 is 1.72 bits per heavy atom. The molecule has 0 aliphatic carbocycles. The molecule has 12 nitrogen and oxygen atoms in total. The van der Waals surface area contributed by atoms with Gasteiger partial charge in [-0.1, -0.05) is 25.5 Å². The molecule has 0 radical (unpaired) electrons. The maximum Gasteiger partial charge on any atom is 0.336 e. The van der Waals surface area contributed by atoms with Crippen molar-refractivity contribution in [2.75, 3.05) is 99.3 Å². The molecule has 0 aromatic heterocycles. The van der Waals surface area contributed by atoms with Gasteiger partial charge in [0.2, 0.25) is 0 Å². The van der Waals surface area contributed by atoms with Crippen LogP contribution in [0.2, 0.25) is 0 Å². The first-order valence-electron chi connectivity index (χ1n) is 17.2.